The summed E-state index contributed by atoms with van der Waals surface area (Å²) in [4.78, 5) is 11.8. The van der Waals surface area contributed by atoms with Crippen molar-refractivity contribution in [3.63, 3.8) is 0 Å². The van der Waals surface area contributed by atoms with Crippen molar-refractivity contribution in [1.82, 2.24) is 15.1 Å². The van der Waals surface area contributed by atoms with Crippen molar-refractivity contribution >= 4 is 23.3 Å². The minimum absolute atomic E-state index is 0.268. The van der Waals surface area contributed by atoms with Crippen molar-refractivity contribution in [2.24, 2.45) is 0 Å². The van der Waals surface area contributed by atoms with Crippen LogP contribution in [-0.2, 0) is 13.1 Å². The van der Waals surface area contributed by atoms with Crippen LogP contribution in [0.5, 0.6) is 0 Å². The standard InChI is InChI=1S/C14H17ClN4O/c1-3-19-9-11(10(2)18-19)8-16-14(20)17-13-6-4-5-12(15)7-13/h4-7,9H,3,8H2,1-2H3,(H2,16,17,20). The van der Waals surface area contributed by atoms with Gasteiger partial charge < -0.3 is 10.6 Å². The molecule has 2 aromatic rings. The molecule has 0 fully saturated rings. The molecule has 20 heavy (non-hydrogen) atoms. The molecule has 0 spiro atoms. The Bertz CT molecular complexity index is 609. The summed E-state index contributed by atoms with van der Waals surface area (Å²) in [6.07, 6.45) is 1.94. The Morgan fingerprint density at radius 1 is 1.45 bits per heavy atom. The quantitative estimate of drug-likeness (QED) is 0.909. The molecule has 0 bridgehead atoms. The molecule has 2 amide bonds. The van der Waals surface area contributed by atoms with Crippen LogP contribution in [-0.4, -0.2) is 15.8 Å². The number of aromatic nitrogens is 2. The minimum atomic E-state index is -0.268. The summed E-state index contributed by atoms with van der Waals surface area (Å²) in [7, 11) is 0. The van der Waals surface area contributed by atoms with Gasteiger partial charge in [-0.3, -0.25) is 4.68 Å². The highest BCUT2D eigenvalue weighted by molar-refractivity contribution is 6.30. The van der Waals surface area contributed by atoms with E-state index < -0.39 is 0 Å². The number of carbonyl (C=O) groups is 1. The number of anilines is 1. The Morgan fingerprint density at radius 3 is 2.90 bits per heavy atom. The predicted molar refractivity (Wildman–Crippen MR) is 79.9 cm³/mol. The van der Waals surface area contributed by atoms with Crippen LogP contribution in [0, 0.1) is 6.92 Å². The van der Waals surface area contributed by atoms with E-state index in [0.717, 1.165) is 17.8 Å². The van der Waals surface area contributed by atoms with E-state index in [2.05, 4.69) is 15.7 Å². The first-order chi connectivity index (χ1) is 9.58. The van der Waals surface area contributed by atoms with Crippen LogP contribution >= 0.6 is 11.6 Å². The number of urea groups is 1. The van der Waals surface area contributed by atoms with Gasteiger partial charge in [-0.25, -0.2) is 4.79 Å². The molecule has 1 aromatic carbocycles. The van der Waals surface area contributed by atoms with Gasteiger partial charge in [-0.1, -0.05) is 17.7 Å². The maximum atomic E-state index is 11.8. The molecule has 0 saturated heterocycles. The Balaban J connectivity index is 1.90. The van der Waals surface area contributed by atoms with E-state index in [1.807, 2.05) is 24.7 Å². The highest BCUT2D eigenvalue weighted by Gasteiger charge is 2.06. The summed E-state index contributed by atoms with van der Waals surface area (Å²) in [5.41, 5.74) is 2.60. The summed E-state index contributed by atoms with van der Waals surface area (Å²) >= 11 is 5.86. The summed E-state index contributed by atoms with van der Waals surface area (Å²) in [5, 5.41) is 10.4. The molecule has 0 aliphatic carbocycles. The number of amides is 2. The second-order valence-electron chi connectivity index (χ2n) is 4.41. The van der Waals surface area contributed by atoms with Crippen LogP contribution in [0.2, 0.25) is 5.02 Å². The van der Waals surface area contributed by atoms with Crippen LogP contribution < -0.4 is 10.6 Å². The SMILES string of the molecule is CCn1cc(CNC(=O)Nc2cccc(Cl)c2)c(C)n1. The predicted octanol–water partition coefficient (Wildman–Crippen LogP) is 3.19. The summed E-state index contributed by atoms with van der Waals surface area (Å²) in [6.45, 7) is 5.21. The number of benzene rings is 1. The van der Waals surface area contributed by atoms with Crippen molar-refractivity contribution < 1.29 is 4.79 Å². The van der Waals surface area contributed by atoms with Gasteiger partial charge in [0.05, 0.1) is 5.69 Å². The molecule has 2 rings (SSSR count). The van der Waals surface area contributed by atoms with E-state index in [9.17, 15) is 4.79 Å². The molecular weight excluding hydrogens is 276 g/mol. The highest BCUT2D eigenvalue weighted by atomic mass is 35.5. The van der Waals surface area contributed by atoms with Crippen LogP contribution in [0.25, 0.3) is 0 Å². The van der Waals surface area contributed by atoms with Gasteiger partial charge >= 0.3 is 6.03 Å². The molecule has 1 aromatic heterocycles. The zero-order valence-corrected chi connectivity index (χ0v) is 12.2. The summed E-state index contributed by atoms with van der Waals surface area (Å²) in [6, 6.07) is 6.75. The maximum absolute atomic E-state index is 11.8. The Morgan fingerprint density at radius 2 is 2.25 bits per heavy atom. The summed E-state index contributed by atoms with van der Waals surface area (Å²) in [5.74, 6) is 0. The van der Waals surface area contributed by atoms with Gasteiger partial charge in [0, 0.05) is 35.6 Å². The van der Waals surface area contributed by atoms with Crippen molar-refractivity contribution in [3.05, 3.63) is 46.7 Å². The lowest BCUT2D eigenvalue weighted by atomic mass is 10.2. The van der Waals surface area contributed by atoms with Crippen LogP contribution in [0.3, 0.4) is 0 Å². The van der Waals surface area contributed by atoms with E-state index >= 15 is 0 Å². The van der Waals surface area contributed by atoms with Crippen molar-refractivity contribution in [2.45, 2.75) is 26.9 Å². The molecule has 0 radical (unpaired) electrons. The fraction of sp³-hybridized carbons (Fsp3) is 0.286. The Hall–Kier alpha value is -2.01. The van der Waals surface area contributed by atoms with Crippen molar-refractivity contribution in [2.75, 3.05) is 5.32 Å². The fourth-order valence-corrected chi connectivity index (χ4v) is 2.00. The molecule has 0 aliphatic heterocycles. The normalized spacial score (nSPS) is 10.3. The smallest absolute Gasteiger partial charge is 0.319 e. The molecule has 5 nitrogen and oxygen atoms in total. The molecule has 1 heterocycles. The molecule has 106 valence electrons. The number of nitrogens with one attached hydrogen (secondary N) is 2. The lowest BCUT2D eigenvalue weighted by Gasteiger charge is -2.07. The zero-order chi connectivity index (χ0) is 14.5. The monoisotopic (exact) mass is 292 g/mol. The van der Waals surface area contributed by atoms with Crippen LogP contribution in [0.4, 0.5) is 10.5 Å². The first-order valence-electron chi connectivity index (χ1n) is 6.42. The lowest BCUT2D eigenvalue weighted by Crippen LogP contribution is -2.28. The third-order valence-corrected chi connectivity index (χ3v) is 3.13. The molecule has 2 N–H and O–H groups in total. The van der Waals surface area contributed by atoms with Gasteiger partial charge in [0.1, 0.15) is 0 Å². The van der Waals surface area contributed by atoms with Gasteiger partial charge in [0.15, 0.2) is 0 Å². The van der Waals surface area contributed by atoms with E-state index in [4.69, 9.17) is 11.6 Å². The molecule has 6 heteroatoms. The van der Waals surface area contributed by atoms with Crippen molar-refractivity contribution in [3.8, 4) is 0 Å². The second kappa shape index (κ2) is 6.43. The average molecular weight is 293 g/mol. The van der Waals surface area contributed by atoms with Crippen LogP contribution in [0.15, 0.2) is 30.5 Å². The second-order valence-corrected chi connectivity index (χ2v) is 4.85. The number of hydrogen-bond acceptors (Lipinski definition) is 2. The molecule has 0 unspecified atom stereocenters. The van der Waals surface area contributed by atoms with Gasteiger partial charge in [-0.15, -0.1) is 0 Å². The fourth-order valence-electron chi connectivity index (χ4n) is 1.81. The number of aryl methyl sites for hydroxylation is 2. The first-order valence-corrected chi connectivity index (χ1v) is 6.79. The number of nitrogens with zero attached hydrogens (tertiary/aromatic N) is 2. The number of carbonyl (C=O) groups excluding carboxylic acids is 1. The van der Waals surface area contributed by atoms with Crippen LogP contribution in [0.1, 0.15) is 18.2 Å². The summed E-state index contributed by atoms with van der Waals surface area (Å²) < 4.78 is 1.85. The minimum Gasteiger partial charge on any atom is -0.334 e. The van der Waals surface area contributed by atoms with E-state index in [1.165, 1.54) is 0 Å². The average Bonchev–Trinajstić information content (AvgIpc) is 2.77. The zero-order valence-electron chi connectivity index (χ0n) is 11.5. The van der Waals surface area contributed by atoms with E-state index in [-0.39, 0.29) is 6.03 Å². The molecular formula is C14H17ClN4O. The maximum Gasteiger partial charge on any atom is 0.319 e. The largest absolute Gasteiger partial charge is 0.334 e. The number of hydrogen-bond donors (Lipinski definition) is 2. The Kier molecular flexibility index (Phi) is 4.63. The molecule has 0 atom stereocenters. The molecule has 0 saturated carbocycles. The van der Waals surface area contributed by atoms with Crippen molar-refractivity contribution in [1.29, 1.82) is 0 Å². The van der Waals surface area contributed by atoms with E-state index in [1.54, 1.807) is 24.3 Å². The number of rotatable bonds is 4. The third-order valence-electron chi connectivity index (χ3n) is 2.89. The van der Waals surface area contributed by atoms with Gasteiger partial charge in [-0.2, -0.15) is 5.10 Å². The third kappa shape index (κ3) is 3.74. The van der Waals surface area contributed by atoms with E-state index in [0.29, 0.717) is 17.3 Å². The molecule has 0 aliphatic rings. The lowest BCUT2D eigenvalue weighted by molar-refractivity contribution is 0.251. The van der Waals surface area contributed by atoms with Gasteiger partial charge in [0.2, 0.25) is 0 Å². The topological polar surface area (TPSA) is 59.0 Å². The Labute approximate surface area is 122 Å². The number of halogens is 1. The van der Waals surface area contributed by atoms with Gasteiger partial charge in [0.25, 0.3) is 0 Å². The first kappa shape index (κ1) is 14.4. The van der Waals surface area contributed by atoms with Gasteiger partial charge in [-0.05, 0) is 32.0 Å². The highest BCUT2D eigenvalue weighted by Crippen LogP contribution is 2.14.